The number of aromatic nitrogens is 1. The maximum Gasteiger partial charge on any atom is 0.153 e. The van der Waals surface area contributed by atoms with Crippen LogP contribution in [0.15, 0.2) is 21.9 Å². The molecule has 2 aromatic rings. The van der Waals surface area contributed by atoms with Crippen molar-refractivity contribution < 1.29 is 9.52 Å². The zero-order valence-electron chi connectivity index (χ0n) is 8.30. The van der Waals surface area contributed by atoms with E-state index in [1.807, 2.05) is 24.4 Å². The van der Waals surface area contributed by atoms with E-state index in [0.717, 1.165) is 22.2 Å². The molecule has 5 heteroatoms. The summed E-state index contributed by atoms with van der Waals surface area (Å²) in [5, 5.41) is 11.5. The van der Waals surface area contributed by atoms with E-state index in [-0.39, 0.29) is 6.61 Å². The van der Waals surface area contributed by atoms with Gasteiger partial charge < -0.3 is 15.3 Å². The molecule has 0 radical (unpaired) electrons. The van der Waals surface area contributed by atoms with Crippen LogP contribution in [0.2, 0.25) is 0 Å². The van der Waals surface area contributed by atoms with Crippen LogP contribution in [-0.2, 0) is 0 Å². The van der Waals surface area contributed by atoms with Crippen LogP contribution >= 0.6 is 11.3 Å². The minimum Gasteiger partial charge on any atom is -0.460 e. The van der Waals surface area contributed by atoms with E-state index in [0.29, 0.717) is 0 Å². The fourth-order valence-electron chi connectivity index (χ4n) is 1.22. The van der Waals surface area contributed by atoms with Crippen LogP contribution in [0.25, 0.3) is 11.5 Å². The van der Waals surface area contributed by atoms with Gasteiger partial charge in [0.2, 0.25) is 0 Å². The first-order valence-electron chi connectivity index (χ1n) is 4.59. The molecule has 80 valence electrons. The van der Waals surface area contributed by atoms with Crippen molar-refractivity contribution in [3.63, 3.8) is 0 Å². The Bertz CT molecular complexity index is 450. The molecule has 0 aliphatic rings. The lowest BCUT2D eigenvalue weighted by Gasteiger charge is -2.01. The lowest BCUT2D eigenvalue weighted by atomic mass is 10.3. The summed E-state index contributed by atoms with van der Waals surface area (Å²) in [5.41, 5.74) is 6.43. The first kappa shape index (κ1) is 10.4. The van der Waals surface area contributed by atoms with E-state index in [1.54, 1.807) is 0 Å². The van der Waals surface area contributed by atoms with Gasteiger partial charge in [-0.15, -0.1) is 11.3 Å². The Morgan fingerprint density at radius 3 is 3.00 bits per heavy atom. The fourth-order valence-corrected chi connectivity index (χ4v) is 2.02. The van der Waals surface area contributed by atoms with Crippen molar-refractivity contribution in [2.75, 3.05) is 6.61 Å². The van der Waals surface area contributed by atoms with Gasteiger partial charge in [0.25, 0.3) is 0 Å². The van der Waals surface area contributed by atoms with Crippen molar-refractivity contribution in [2.24, 2.45) is 5.73 Å². The van der Waals surface area contributed by atoms with E-state index < -0.39 is 6.04 Å². The SMILES string of the molecule is Cc1ccc(-c2csc(C(N)CO)n2)o1. The molecule has 2 rings (SSSR count). The molecule has 4 nitrogen and oxygen atoms in total. The second-order valence-corrected chi connectivity index (χ2v) is 4.16. The number of furan rings is 1. The molecule has 2 aromatic heterocycles. The molecule has 0 saturated heterocycles. The summed E-state index contributed by atoms with van der Waals surface area (Å²) in [6.45, 7) is 1.79. The topological polar surface area (TPSA) is 72.3 Å². The molecular formula is C10H12N2O2S. The van der Waals surface area contributed by atoms with E-state index in [2.05, 4.69) is 4.98 Å². The Morgan fingerprint density at radius 2 is 2.40 bits per heavy atom. The van der Waals surface area contributed by atoms with Crippen LogP contribution in [0.5, 0.6) is 0 Å². The molecule has 2 heterocycles. The molecule has 0 aliphatic carbocycles. The summed E-state index contributed by atoms with van der Waals surface area (Å²) in [5.74, 6) is 1.59. The molecule has 0 aliphatic heterocycles. The number of aryl methyl sites for hydroxylation is 1. The van der Waals surface area contributed by atoms with Crippen molar-refractivity contribution in [3.05, 3.63) is 28.3 Å². The molecule has 0 fully saturated rings. The van der Waals surface area contributed by atoms with E-state index >= 15 is 0 Å². The molecule has 3 N–H and O–H groups in total. The zero-order chi connectivity index (χ0) is 10.8. The first-order valence-corrected chi connectivity index (χ1v) is 5.47. The van der Waals surface area contributed by atoms with Gasteiger partial charge in [-0.25, -0.2) is 4.98 Å². The number of aliphatic hydroxyl groups is 1. The Labute approximate surface area is 91.4 Å². The normalized spacial score (nSPS) is 13.0. The van der Waals surface area contributed by atoms with Gasteiger partial charge in [0.15, 0.2) is 5.76 Å². The molecule has 0 spiro atoms. The molecule has 1 atom stereocenters. The average molecular weight is 224 g/mol. The molecule has 0 saturated carbocycles. The Hall–Kier alpha value is -1.17. The summed E-state index contributed by atoms with van der Waals surface area (Å²) >= 11 is 1.43. The zero-order valence-corrected chi connectivity index (χ0v) is 9.12. The summed E-state index contributed by atoms with van der Waals surface area (Å²) in [7, 11) is 0. The van der Waals surface area contributed by atoms with Gasteiger partial charge in [-0.2, -0.15) is 0 Å². The van der Waals surface area contributed by atoms with Gasteiger partial charge in [0.05, 0.1) is 12.6 Å². The summed E-state index contributed by atoms with van der Waals surface area (Å²) in [6, 6.07) is 3.36. The van der Waals surface area contributed by atoms with Gasteiger partial charge in [-0.05, 0) is 19.1 Å². The number of hydrogen-bond donors (Lipinski definition) is 2. The quantitative estimate of drug-likeness (QED) is 0.832. The predicted octanol–water partition coefficient (Wildman–Crippen LogP) is 1.70. The lowest BCUT2D eigenvalue weighted by molar-refractivity contribution is 0.268. The molecular weight excluding hydrogens is 212 g/mol. The number of thiazole rings is 1. The third-order valence-corrected chi connectivity index (χ3v) is 3.01. The van der Waals surface area contributed by atoms with Gasteiger partial charge >= 0.3 is 0 Å². The third kappa shape index (κ3) is 2.09. The number of rotatable bonds is 3. The second-order valence-electron chi connectivity index (χ2n) is 3.27. The van der Waals surface area contributed by atoms with Gasteiger partial charge in [-0.3, -0.25) is 0 Å². The van der Waals surface area contributed by atoms with E-state index in [9.17, 15) is 0 Å². The smallest absolute Gasteiger partial charge is 0.153 e. The molecule has 0 aromatic carbocycles. The predicted molar refractivity (Wildman–Crippen MR) is 58.6 cm³/mol. The van der Waals surface area contributed by atoms with Gasteiger partial charge in [0, 0.05) is 5.38 Å². The van der Waals surface area contributed by atoms with Gasteiger partial charge in [-0.1, -0.05) is 0 Å². The highest BCUT2D eigenvalue weighted by molar-refractivity contribution is 7.10. The molecule has 0 amide bonds. The van der Waals surface area contributed by atoms with Crippen molar-refractivity contribution in [2.45, 2.75) is 13.0 Å². The minimum absolute atomic E-state index is 0.0931. The summed E-state index contributed by atoms with van der Waals surface area (Å²) < 4.78 is 5.44. The van der Waals surface area contributed by atoms with Crippen LogP contribution in [0.3, 0.4) is 0 Å². The van der Waals surface area contributed by atoms with Crippen molar-refractivity contribution >= 4 is 11.3 Å². The maximum absolute atomic E-state index is 8.89. The summed E-state index contributed by atoms with van der Waals surface area (Å²) in [6.07, 6.45) is 0. The first-order chi connectivity index (χ1) is 7.20. The van der Waals surface area contributed by atoms with E-state index in [4.69, 9.17) is 15.3 Å². The lowest BCUT2D eigenvalue weighted by Crippen LogP contribution is -2.13. The number of hydrogen-bond acceptors (Lipinski definition) is 5. The largest absolute Gasteiger partial charge is 0.460 e. The van der Waals surface area contributed by atoms with E-state index in [1.165, 1.54) is 11.3 Å². The van der Waals surface area contributed by atoms with Crippen molar-refractivity contribution in [3.8, 4) is 11.5 Å². The number of nitrogens with zero attached hydrogens (tertiary/aromatic N) is 1. The van der Waals surface area contributed by atoms with Crippen LogP contribution in [0, 0.1) is 6.92 Å². The Kier molecular flexibility index (Phi) is 2.86. The highest BCUT2D eigenvalue weighted by Gasteiger charge is 2.12. The van der Waals surface area contributed by atoms with Crippen molar-refractivity contribution in [1.29, 1.82) is 0 Å². The maximum atomic E-state index is 8.89. The fraction of sp³-hybridized carbons (Fsp3) is 0.300. The average Bonchev–Trinajstić information content (AvgIpc) is 2.84. The van der Waals surface area contributed by atoms with Crippen LogP contribution < -0.4 is 5.73 Å². The van der Waals surface area contributed by atoms with Crippen LogP contribution in [-0.4, -0.2) is 16.7 Å². The van der Waals surface area contributed by atoms with Gasteiger partial charge in [0.1, 0.15) is 16.5 Å². The second kappa shape index (κ2) is 4.14. The monoisotopic (exact) mass is 224 g/mol. The minimum atomic E-state index is -0.403. The number of nitrogens with two attached hydrogens (primary N) is 1. The Balaban J connectivity index is 2.27. The highest BCUT2D eigenvalue weighted by atomic mass is 32.1. The third-order valence-electron chi connectivity index (χ3n) is 2.03. The Morgan fingerprint density at radius 1 is 1.60 bits per heavy atom. The molecule has 1 unspecified atom stereocenters. The van der Waals surface area contributed by atoms with Crippen LogP contribution in [0.1, 0.15) is 16.8 Å². The van der Waals surface area contributed by atoms with Crippen LogP contribution in [0.4, 0.5) is 0 Å². The van der Waals surface area contributed by atoms with Crippen molar-refractivity contribution in [1.82, 2.24) is 4.98 Å². The standard InChI is InChI=1S/C10H12N2O2S/c1-6-2-3-9(14-6)8-5-15-10(12-8)7(11)4-13/h2-3,5,7,13H,4,11H2,1H3. The summed E-state index contributed by atoms with van der Waals surface area (Å²) in [4.78, 5) is 4.30. The molecule has 0 bridgehead atoms. The molecule has 15 heavy (non-hydrogen) atoms. The number of aliphatic hydroxyl groups excluding tert-OH is 1. The highest BCUT2D eigenvalue weighted by Crippen LogP contribution is 2.25.